The Morgan fingerprint density at radius 2 is 1.04 bits per heavy atom. The minimum atomic E-state index is -1.19. The summed E-state index contributed by atoms with van der Waals surface area (Å²) in [7, 11) is 0. The van der Waals surface area contributed by atoms with Crippen LogP contribution in [0.25, 0.3) is 10.8 Å². The number of nitrogens with zero attached hydrogens (tertiary/aromatic N) is 1. The van der Waals surface area contributed by atoms with Gasteiger partial charge >= 0.3 is 0 Å². The second kappa shape index (κ2) is 16.7. The molecule has 1 N–H and O–H groups in total. The van der Waals surface area contributed by atoms with Crippen LogP contribution in [0.15, 0.2) is 151 Å². The SMILES string of the molecule is CC(C)c1cccc(C(C)C)c1N=C1c2cccc3cccc(c23)C1(O)Cc1ccccc1.[CH2-]c1ccccc1.[CH2-]c1ccccc1.[Ti]. The second-order valence-electron chi connectivity index (χ2n) is 12.8. The standard InChI is InChI=1S/C31H31NO.2C7H7.Ti/c1-20(2)24-15-10-16-25(21(3)4)29(24)32-30-26-17-8-13-23-14-9-18-27(28(23)26)31(30,33)19-22-11-6-5-7-12-22;2*1-7-5-3-2-4-6-7;/h5-18,20-21,33H,19H2,1-4H3;2*2-6H,1H2;/q;2*-1;. The van der Waals surface area contributed by atoms with Crippen LogP contribution < -0.4 is 0 Å². The predicted molar refractivity (Wildman–Crippen MR) is 201 cm³/mol. The first-order chi connectivity index (χ1) is 22.7. The maximum Gasteiger partial charge on any atom is 0.137 e. The number of rotatable bonds is 5. The van der Waals surface area contributed by atoms with Crippen molar-refractivity contribution in [2.24, 2.45) is 4.99 Å². The molecule has 0 saturated heterocycles. The van der Waals surface area contributed by atoms with Gasteiger partial charge in [0.1, 0.15) is 5.60 Å². The Bertz CT molecular complexity index is 1860. The quantitative estimate of drug-likeness (QED) is 0.145. The summed E-state index contributed by atoms with van der Waals surface area (Å²) in [5.74, 6) is 0.676. The van der Waals surface area contributed by atoms with Crippen LogP contribution in [0.2, 0.25) is 0 Å². The van der Waals surface area contributed by atoms with Crippen molar-refractivity contribution < 1.29 is 26.8 Å². The third-order valence-electron chi connectivity index (χ3n) is 8.55. The summed E-state index contributed by atoms with van der Waals surface area (Å²) in [5.41, 5.74) is 8.24. The van der Waals surface area contributed by atoms with E-state index in [1.54, 1.807) is 0 Å². The molecule has 0 fully saturated rings. The maximum absolute atomic E-state index is 12.4. The molecule has 0 amide bonds. The molecular weight excluding hydrogens is 618 g/mol. The molecule has 0 aromatic heterocycles. The van der Waals surface area contributed by atoms with E-state index in [0.29, 0.717) is 18.3 Å². The smallest absolute Gasteiger partial charge is 0.137 e. The molecular formula is C45H45NOTi-2. The fourth-order valence-electron chi connectivity index (χ4n) is 6.16. The van der Waals surface area contributed by atoms with Crippen molar-refractivity contribution in [2.45, 2.75) is 51.6 Å². The summed E-state index contributed by atoms with van der Waals surface area (Å²) in [6.07, 6.45) is 0.487. The van der Waals surface area contributed by atoms with Gasteiger partial charge in [0.25, 0.3) is 0 Å². The molecule has 1 atom stereocenters. The van der Waals surface area contributed by atoms with Crippen LogP contribution in [0.5, 0.6) is 0 Å². The van der Waals surface area contributed by atoms with E-state index in [4.69, 9.17) is 4.99 Å². The van der Waals surface area contributed by atoms with E-state index in [2.05, 4.69) is 102 Å². The molecule has 0 spiro atoms. The van der Waals surface area contributed by atoms with Gasteiger partial charge in [-0.2, -0.15) is 49.2 Å². The van der Waals surface area contributed by atoms with E-state index in [1.807, 2.05) is 84.9 Å². The fourth-order valence-corrected chi connectivity index (χ4v) is 6.16. The monoisotopic (exact) mass is 663 g/mol. The number of aliphatic imine (C=N–C) groups is 1. The third kappa shape index (κ3) is 8.38. The van der Waals surface area contributed by atoms with Gasteiger partial charge in [0.2, 0.25) is 0 Å². The molecule has 0 radical (unpaired) electrons. The molecule has 0 aliphatic heterocycles. The van der Waals surface area contributed by atoms with Crippen molar-refractivity contribution in [2.75, 3.05) is 0 Å². The molecule has 3 heteroatoms. The summed E-state index contributed by atoms with van der Waals surface area (Å²) >= 11 is 0. The van der Waals surface area contributed by atoms with Gasteiger partial charge in [-0.1, -0.05) is 125 Å². The van der Waals surface area contributed by atoms with Crippen LogP contribution in [0.4, 0.5) is 5.69 Å². The minimum Gasteiger partial charge on any atom is -0.378 e. The molecule has 1 aliphatic carbocycles. The topological polar surface area (TPSA) is 32.6 Å². The number of para-hydroxylation sites is 1. The fraction of sp³-hybridized carbons (Fsp3) is 0.178. The number of hydrogen-bond donors (Lipinski definition) is 1. The molecule has 6 aromatic carbocycles. The Morgan fingerprint density at radius 3 is 1.50 bits per heavy atom. The Labute approximate surface area is 302 Å². The number of hydrogen-bond acceptors (Lipinski definition) is 2. The van der Waals surface area contributed by atoms with Crippen molar-refractivity contribution in [3.63, 3.8) is 0 Å². The zero-order chi connectivity index (χ0) is 33.4. The van der Waals surface area contributed by atoms with Crippen molar-refractivity contribution in [1.82, 2.24) is 0 Å². The maximum atomic E-state index is 12.4. The third-order valence-corrected chi connectivity index (χ3v) is 8.55. The molecule has 242 valence electrons. The first-order valence-electron chi connectivity index (χ1n) is 16.4. The van der Waals surface area contributed by atoms with Gasteiger partial charge in [-0.25, -0.2) is 4.99 Å². The van der Waals surface area contributed by atoms with Crippen LogP contribution >= 0.6 is 0 Å². The van der Waals surface area contributed by atoms with Gasteiger partial charge in [0, 0.05) is 33.7 Å². The van der Waals surface area contributed by atoms with Crippen molar-refractivity contribution in [3.05, 3.63) is 198 Å². The largest absolute Gasteiger partial charge is 0.378 e. The van der Waals surface area contributed by atoms with Crippen molar-refractivity contribution in [1.29, 1.82) is 0 Å². The summed E-state index contributed by atoms with van der Waals surface area (Å²) < 4.78 is 0. The Balaban J connectivity index is 0.000000286. The first-order valence-corrected chi connectivity index (χ1v) is 16.4. The molecule has 48 heavy (non-hydrogen) atoms. The number of aliphatic hydroxyl groups is 1. The van der Waals surface area contributed by atoms with Gasteiger partial charge in [-0.3, -0.25) is 0 Å². The normalized spacial score (nSPS) is 15.4. The van der Waals surface area contributed by atoms with Crippen molar-refractivity contribution in [3.8, 4) is 0 Å². The van der Waals surface area contributed by atoms with E-state index in [1.165, 1.54) is 11.1 Å². The van der Waals surface area contributed by atoms with Gasteiger partial charge in [-0.15, -0.1) is 24.3 Å². The summed E-state index contributed by atoms with van der Waals surface area (Å²) in [6.45, 7) is 16.3. The molecule has 7 rings (SSSR count). The van der Waals surface area contributed by atoms with E-state index in [-0.39, 0.29) is 21.7 Å². The van der Waals surface area contributed by atoms with Crippen LogP contribution in [-0.4, -0.2) is 10.8 Å². The van der Waals surface area contributed by atoms with E-state index in [0.717, 1.165) is 50.0 Å². The van der Waals surface area contributed by atoms with E-state index >= 15 is 0 Å². The average Bonchev–Trinajstić information content (AvgIpc) is 3.30. The van der Waals surface area contributed by atoms with E-state index in [9.17, 15) is 5.11 Å². The Hall–Kier alpha value is -4.34. The van der Waals surface area contributed by atoms with Gasteiger partial charge in [0.05, 0.1) is 11.4 Å². The molecule has 0 heterocycles. The molecule has 1 unspecified atom stereocenters. The van der Waals surface area contributed by atoms with Gasteiger partial charge in [0.15, 0.2) is 0 Å². The first kappa shape index (κ1) is 36.5. The molecule has 2 nitrogen and oxygen atoms in total. The molecule has 0 bridgehead atoms. The van der Waals surface area contributed by atoms with E-state index < -0.39 is 5.60 Å². The Kier molecular flexibility index (Phi) is 12.7. The zero-order valence-corrected chi connectivity index (χ0v) is 30.1. The van der Waals surface area contributed by atoms with Crippen LogP contribution in [0, 0.1) is 13.8 Å². The zero-order valence-electron chi connectivity index (χ0n) is 28.5. The van der Waals surface area contributed by atoms with Gasteiger partial charge < -0.3 is 5.11 Å². The van der Waals surface area contributed by atoms with Crippen LogP contribution in [0.1, 0.15) is 78.5 Å². The summed E-state index contributed by atoms with van der Waals surface area (Å²) in [6, 6.07) is 49.0. The molecule has 6 aromatic rings. The minimum absolute atomic E-state index is 0. The summed E-state index contributed by atoms with van der Waals surface area (Å²) in [5, 5.41) is 14.7. The summed E-state index contributed by atoms with van der Waals surface area (Å²) in [4.78, 5) is 5.36. The van der Waals surface area contributed by atoms with Crippen molar-refractivity contribution >= 4 is 22.2 Å². The molecule has 1 aliphatic rings. The number of benzene rings is 6. The average molecular weight is 664 g/mol. The van der Waals surface area contributed by atoms with Gasteiger partial charge in [-0.05, 0) is 44.9 Å². The van der Waals surface area contributed by atoms with Crippen LogP contribution in [-0.2, 0) is 33.7 Å². The Morgan fingerprint density at radius 1 is 0.583 bits per heavy atom. The second-order valence-corrected chi connectivity index (χ2v) is 12.8. The van der Waals surface area contributed by atoms with Crippen LogP contribution in [0.3, 0.4) is 0 Å². The predicted octanol–water partition coefficient (Wildman–Crippen LogP) is 11.4. The molecule has 0 saturated carbocycles.